The number of thiophene rings is 1. The molecule has 0 radical (unpaired) electrons. The Balaban J connectivity index is 2.15. The largest absolute Gasteiger partial charge is 0.384 e. The van der Waals surface area contributed by atoms with E-state index in [2.05, 4.69) is 17.2 Å². The number of amides is 1. The molecule has 1 aromatic carbocycles. The number of aliphatic hydroxyl groups is 1. The highest BCUT2D eigenvalue weighted by atomic mass is 32.1. The fourth-order valence-corrected chi connectivity index (χ4v) is 2.19. The zero-order chi connectivity index (χ0) is 14.5. The Bertz CT molecular complexity index is 701. The van der Waals surface area contributed by atoms with E-state index in [0.717, 1.165) is 18.2 Å². The summed E-state index contributed by atoms with van der Waals surface area (Å²) >= 11 is 1.22. The van der Waals surface area contributed by atoms with Gasteiger partial charge in [0.05, 0.1) is 16.1 Å². The SMILES string of the molecule is O=C(Nc1cc(F)ccc1F)c1csc(C#CCO)c1. The van der Waals surface area contributed by atoms with Crippen molar-refractivity contribution in [2.24, 2.45) is 0 Å². The van der Waals surface area contributed by atoms with Crippen LogP contribution in [0.2, 0.25) is 0 Å². The van der Waals surface area contributed by atoms with Gasteiger partial charge < -0.3 is 10.4 Å². The molecule has 20 heavy (non-hydrogen) atoms. The van der Waals surface area contributed by atoms with Gasteiger partial charge in [0.25, 0.3) is 5.91 Å². The van der Waals surface area contributed by atoms with Crippen LogP contribution in [0.25, 0.3) is 0 Å². The highest BCUT2D eigenvalue weighted by molar-refractivity contribution is 7.10. The van der Waals surface area contributed by atoms with Gasteiger partial charge in [-0.1, -0.05) is 11.8 Å². The van der Waals surface area contributed by atoms with Gasteiger partial charge in [0.15, 0.2) is 0 Å². The fourth-order valence-electron chi connectivity index (χ4n) is 1.44. The number of nitrogens with one attached hydrogen (secondary N) is 1. The number of benzene rings is 1. The Hall–Kier alpha value is -2.23. The second kappa shape index (κ2) is 6.28. The molecule has 0 aliphatic carbocycles. The minimum Gasteiger partial charge on any atom is -0.384 e. The van der Waals surface area contributed by atoms with Crippen LogP contribution in [-0.4, -0.2) is 17.6 Å². The van der Waals surface area contributed by atoms with E-state index in [9.17, 15) is 13.6 Å². The standard InChI is InChI=1S/C14H9F2NO2S/c15-10-3-4-12(16)13(7-10)17-14(19)9-6-11(20-8-9)2-1-5-18/h3-4,6-8,18H,5H2,(H,17,19). The number of aliphatic hydroxyl groups excluding tert-OH is 1. The molecular weight excluding hydrogens is 284 g/mol. The first-order chi connectivity index (χ1) is 9.60. The lowest BCUT2D eigenvalue weighted by Crippen LogP contribution is -2.12. The molecule has 2 aromatic rings. The Labute approximate surface area is 117 Å². The number of hydrogen-bond acceptors (Lipinski definition) is 3. The van der Waals surface area contributed by atoms with E-state index in [-0.39, 0.29) is 12.3 Å². The third-order valence-electron chi connectivity index (χ3n) is 2.33. The van der Waals surface area contributed by atoms with Crippen molar-refractivity contribution in [1.29, 1.82) is 0 Å². The number of carbonyl (C=O) groups excluding carboxylic acids is 1. The van der Waals surface area contributed by atoms with Crippen LogP contribution >= 0.6 is 11.3 Å². The smallest absolute Gasteiger partial charge is 0.256 e. The summed E-state index contributed by atoms with van der Waals surface area (Å²) in [5.74, 6) is 3.21. The molecule has 2 N–H and O–H groups in total. The Kier molecular flexibility index (Phi) is 4.45. The molecule has 0 fully saturated rings. The van der Waals surface area contributed by atoms with Crippen molar-refractivity contribution in [2.45, 2.75) is 0 Å². The van der Waals surface area contributed by atoms with Crippen molar-refractivity contribution < 1.29 is 18.7 Å². The molecule has 0 saturated heterocycles. The highest BCUT2D eigenvalue weighted by Gasteiger charge is 2.11. The maximum atomic E-state index is 13.4. The second-order valence-electron chi connectivity index (χ2n) is 3.74. The number of carbonyl (C=O) groups is 1. The lowest BCUT2D eigenvalue weighted by molar-refractivity contribution is 0.102. The minimum absolute atomic E-state index is 0.218. The van der Waals surface area contributed by atoms with Gasteiger partial charge in [-0.15, -0.1) is 11.3 Å². The third kappa shape index (κ3) is 3.41. The summed E-state index contributed by atoms with van der Waals surface area (Å²) in [6.45, 7) is -0.270. The van der Waals surface area contributed by atoms with Crippen LogP contribution in [0.1, 0.15) is 15.2 Å². The minimum atomic E-state index is -0.713. The van der Waals surface area contributed by atoms with Gasteiger partial charge in [-0.3, -0.25) is 4.79 Å². The lowest BCUT2D eigenvalue weighted by Gasteiger charge is -2.04. The third-order valence-corrected chi connectivity index (χ3v) is 3.17. The molecule has 0 aliphatic rings. The lowest BCUT2D eigenvalue weighted by atomic mass is 10.2. The van der Waals surface area contributed by atoms with Crippen molar-refractivity contribution in [2.75, 3.05) is 11.9 Å². The van der Waals surface area contributed by atoms with E-state index < -0.39 is 17.5 Å². The molecule has 1 amide bonds. The molecule has 6 heteroatoms. The predicted octanol–water partition coefficient (Wildman–Crippen LogP) is 2.62. The molecule has 0 spiro atoms. The van der Waals surface area contributed by atoms with Crippen molar-refractivity contribution in [3.63, 3.8) is 0 Å². The van der Waals surface area contributed by atoms with Crippen LogP contribution in [-0.2, 0) is 0 Å². The van der Waals surface area contributed by atoms with Crippen LogP contribution in [0, 0.1) is 23.5 Å². The van der Waals surface area contributed by atoms with Gasteiger partial charge >= 0.3 is 0 Å². The molecule has 0 saturated carbocycles. The molecule has 0 atom stereocenters. The van der Waals surface area contributed by atoms with E-state index in [1.807, 2.05) is 0 Å². The topological polar surface area (TPSA) is 49.3 Å². The molecule has 0 aliphatic heterocycles. The summed E-state index contributed by atoms with van der Waals surface area (Å²) in [4.78, 5) is 12.5. The summed E-state index contributed by atoms with van der Waals surface area (Å²) in [6.07, 6.45) is 0. The molecular formula is C14H9F2NO2S. The molecule has 0 bridgehead atoms. The number of rotatable bonds is 2. The van der Waals surface area contributed by atoms with Crippen LogP contribution in [0.15, 0.2) is 29.6 Å². The van der Waals surface area contributed by atoms with E-state index in [1.165, 1.54) is 17.4 Å². The van der Waals surface area contributed by atoms with Crippen molar-refractivity contribution in [3.8, 4) is 11.8 Å². The van der Waals surface area contributed by atoms with Crippen LogP contribution in [0.3, 0.4) is 0 Å². The van der Waals surface area contributed by atoms with Crippen molar-refractivity contribution in [3.05, 3.63) is 51.7 Å². The zero-order valence-corrected chi connectivity index (χ0v) is 10.9. The summed E-state index contributed by atoms with van der Waals surface area (Å²) in [5, 5.41) is 12.4. The van der Waals surface area contributed by atoms with E-state index in [4.69, 9.17) is 5.11 Å². The first-order valence-electron chi connectivity index (χ1n) is 5.55. The summed E-state index contributed by atoms with van der Waals surface area (Å²) in [5.41, 5.74) is 0.0742. The summed E-state index contributed by atoms with van der Waals surface area (Å²) in [6, 6.07) is 4.33. The highest BCUT2D eigenvalue weighted by Crippen LogP contribution is 2.18. The molecule has 0 unspecified atom stereocenters. The first-order valence-corrected chi connectivity index (χ1v) is 6.43. The summed E-state index contributed by atoms with van der Waals surface area (Å²) < 4.78 is 26.4. The maximum absolute atomic E-state index is 13.4. The van der Waals surface area contributed by atoms with E-state index in [1.54, 1.807) is 5.38 Å². The number of halogens is 2. The molecule has 2 rings (SSSR count). The van der Waals surface area contributed by atoms with Crippen LogP contribution in [0.5, 0.6) is 0 Å². The van der Waals surface area contributed by atoms with Crippen LogP contribution < -0.4 is 5.32 Å². The monoisotopic (exact) mass is 293 g/mol. The summed E-state index contributed by atoms with van der Waals surface area (Å²) in [7, 11) is 0. The quantitative estimate of drug-likeness (QED) is 0.836. The zero-order valence-electron chi connectivity index (χ0n) is 10.1. The van der Waals surface area contributed by atoms with Gasteiger partial charge in [0.1, 0.15) is 18.2 Å². The number of anilines is 1. The fraction of sp³-hybridized carbons (Fsp3) is 0.0714. The first kappa shape index (κ1) is 14.2. The Morgan fingerprint density at radius 3 is 2.90 bits per heavy atom. The molecule has 3 nitrogen and oxygen atoms in total. The normalized spacial score (nSPS) is 9.75. The molecule has 1 heterocycles. The van der Waals surface area contributed by atoms with E-state index in [0.29, 0.717) is 10.4 Å². The Morgan fingerprint density at radius 2 is 2.15 bits per heavy atom. The number of hydrogen-bond donors (Lipinski definition) is 2. The van der Waals surface area contributed by atoms with Gasteiger partial charge in [-0.05, 0) is 18.2 Å². The van der Waals surface area contributed by atoms with Crippen molar-refractivity contribution >= 4 is 22.9 Å². The van der Waals surface area contributed by atoms with Crippen molar-refractivity contribution in [1.82, 2.24) is 0 Å². The predicted molar refractivity (Wildman–Crippen MR) is 72.6 cm³/mol. The Morgan fingerprint density at radius 1 is 1.35 bits per heavy atom. The average Bonchev–Trinajstić information content (AvgIpc) is 2.89. The van der Waals surface area contributed by atoms with Gasteiger partial charge in [0, 0.05) is 11.4 Å². The van der Waals surface area contributed by atoms with Gasteiger partial charge in [-0.25, -0.2) is 8.78 Å². The molecule has 102 valence electrons. The molecule has 1 aromatic heterocycles. The second-order valence-corrected chi connectivity index (χ2v) is 4.65. The maximum Gasteiger partial charge on any atom is 0.256 e. The van der Waals surface area contributed by atoms with Gasteiger partial charge in [0.2, 0.25) is 0 Å². The van der Waals surface area contributed by atoms with E-state index >= 15 is 0 Å². The average molecular weight is 293 g/mol. The van der Waals surface area contributed by atoms with Crippen LogP contribution in [0.4, 0.5) is 14.5 Å². The van der Waals surface area contributed by atoms with Gasteiger partial charge in [-0.2, -0.15) is 0 Å².